The summed E-state index contributed by atoms with van der Waals surface area (Å²) in [6.07, 6.45) is -1.43. The molecular weight excluding hydrogens is 340 g/mol. The van der Waals surface area contributed by atoms with Crippen LogP contribution in [0.15, 0.2) is 10.6 Å². The Morgan fingerprint density at radius 1 is 1.52 bits per heavy atom. The number of nitrogens with one attached hydrogen (secondary N) is 1. The predicted octanol–water partition coefficient (Wildman–Crippen LogP) is -0.0357. The molecule has 25 heavy (non-hydrogen) atoms. The van der Waals surface area contributed by atoms with Gasteiger partial charge in [-0.05, 0) is 6.42 Å². The smallest absolute Gasteiger partial charge is 0.276 e. The van der Waals surface area contributed by atoms with Crippen LogP contribution in [0.3, 0.4) is 0 Å². The number of aliphatic hydroxyl groups excluding tert-OH is 1. The average Bonchev–Trinajstić information content (AvgIpc) is 3.25. The Bertz CT molecular complexity index is 647. The number of alkyl halides is 2. The van der Waals surface area contributed by atoms with Gasteiger partial charge in [0, 0.05) is 19.0 Å². The standard InChI is InChI=1S/C15H19F2N3O5/c16-10-6-20(13(22)12-5-9(7-21)25-19-12)3-1-11(10)18-14(23)15(17)2-4-24-8-15/h5,10-11,21H,1-4,6-8H2,(H,18,23). The lowest BCUT2D eigenvalue weighted by molar-refractivity contribution is -0.134. The Hall–Kier alpha value is -2.07. The second-order valence-electron chi connectivity index (χ2n) is 6.24. The number of carbonyl (C=O) groups is 2. The zero-order chi connectivity index (χ0) is 18.0. The van der Waals surface area contributed by atoms with Crippen LogP contribution in [0.25, 0.3) is 0 Å². The third kappa shape index (κ3) is 3.64. The van der Waals surface area contributed by atoms with Crippen molar-refractivity contribution >= 4 is 11.8 Å². The molecule has 2 N–H and O–H groups in total. The predicted molar refractivity (Wildman–Crippen MR) is 79.0 cm³/mol. The summed E-state index contributed by atoms with van der Waals surface area (Å²) in [7, 11) is 0. The molecule has 2 fully saturated rings. The molecule has 0 aliphatic carbocycles. The van der Waals surface area contributed by atoms with E-state index in [0.29, 0.717) is 0 Å². The molecule has 138 valence electrons. The van der Waals surface area contributed by atoms with Gasteiger partial charge in [-0.3, -0.25) is 9.59 Å². The minimum atomic E-state index is -2.12. The minimum Gasteiger partial charge on any atom is -0.388 e. The van der Waals surface area contributed by atoms with Gasteiger partial charge in [-0.1, -0.05) is 5.16 Å². The first-order valence-corrected chi connectivity index (χ1v) is 8.00. The summed E-state index contributed by atoms with van der Waals surface area (Å²) < 4.78 is 38.3. The van der Waals surface area contributed by atoms with E-state index < -0.39 is 36.3 Å². The molecule has 1 aromatic rings. The number of amides is 2. The van der Waals surface area contributed by atoms with Crippen molar-refractivity contribution in [1.29, 1.82) is 0 Å². The number of rotatable bonds is 4. The maximum atomic E-state index is 14.4. The molecule has 0 bridgehead atoms. The van der Waals surface area contributed by atoms with Crippen molar-refractivity contribution in [2.45, 2.75) is 37.3 Å². The molecule has 0 radical (unpaired) electrons. The van der Waals surface area contributed by atoms with Crippen molar-refractivity contribution in [3.8, 4) is 0 Å². The molecular formula is C15H19F2N3O5. The largest absolute Gasteiger partial charge is 0.388 e. The molecule has 3 unspecified atom stereocenters. The van der Waals surface area contributed by atoms with Gasteiger partial charge in [-0.25, -0.2) is 8.78 Å². The Balaban J connectivity index is 1.57. The van der Waals surface area contributed by atoms with Crippen LogP contribution in [0.1, 0.15) is 29.1 Å². The SMILES string of the molecule is O=C(c1cc(CO)on1)N1CCC(NC(=O)C2(F)CCOC2)C(F)C1. The van der Waals surface area contributed by atoms with E-state index in [1.165, 1.54) is 11.0 Å². The van der Waals surface area contributed by atoms with Gasteiger partial charge in [-0.2, -0.15) is 0 Å². The van der Waals surface area contributed by atoms with E-state index in [2.05, 4.69) is 10.5 Å². The summed E-state index contributed by atoms with van der Waals surface area (Å²) in [6, 6.07) is 0.422. The van der Waals surface area contributed by atoms with E-state index in [4.69, 9.17) is 14.4 Å². The minimum absolute atomic E-state index is 0.0236. The average molecular weight is 359 g/mol. The number of aromatic nitrogens is 1. The highest BCUT2D eigenvalue weighted by molar-refractivity contribution is 5.92. The number of hydrogen-bond acceptors (Lipinski definition) is 6. The quantitative estimate of drug-likeness (QED) is 0.782. The van der Waals surface area contributed by atoms with E-state index in [1.807, 2.05) is 0 Å². The van der Waals surface area contributed by atoms with Crippen LogP contribution in [0.5, 0.6) is 0 Å². The Morgan fingerprint density at radius 2 is 2.32 bits per heavy atom. The summed E-state index contributed by atoms with van der Waals surface area (Å²) in [5, 5.41) is 14.8. The van der Waals surface area contributed by atoms with Crippen molar-refractivity contribution < 1.29 is 32.7 Å². The molecule has 0 spiro atoms. The first kappa shape index (κ1) is 17.7. The molecule has 8 nitrogen and oxygen atoms in total. The second kappa shape index (κ2) is 7.04. The van der Waals surface area contributed by atoms with Crippen molar-refractivity contribution in [2.75, 3.05) is 26.3 Å². The molecule has 2 aliphatic rings. The number of carbonyl (C=O) groups excluding carboxylic acids is 2. The third-order valence-electron chi connectivity index (χ3n) is 4.46. The number of aliphatic hydroxyl groups is 1. The summed E-state index contributed by atoms with van der Waals surface area (Å²) in [5.74, 6) is -1.27. The molecule has 2 saturated heterocycles. The lowest BCUT2D eigenvalue weighted by Gasteiger charge is -2.35. The lowest BCUT2D eigenvalue weighted by Crippen LogP contribution is -2.57. The highest BCUT2D eigenvalue weighted by Gasteiger charge is 2.45. The van der Waals surface area contributed by atoms with Gasteiger partial charge >= 0.3 is 0 Å². The zero-order valence-electron chi connectivity index (χ0n) is 13.4. The fourth-order valence-corrected chi connectivity index (χ4v) is 2.92. The highest BCUT2D eigenvalue weighted by Crippen LogP contribution is 2.25. The van der Waals surface area contributed by atoms with Crippen molar-refractivity contribution in [3.63, 3.8) is 0 Å². The number of likely N-dealkylation sites (tertiary alicyclic amines) is 1. The van der Waals surface area contributed by atoms with Gasteiger partial charge in [0.2, 0.25) is 5.67 Å². The van der Waals surface area contributed by atoms with Gasteiger partial charge < -0.3 is 24.6 Å². The van der Waals surface area contributed by atoms with E-state index >= 15 is 0 Å². The molecule has 10 heteroatoms. The summed E-state index contributed by atoms with van der Waals surface area (Å²) in [5.41, 5.74) is -2.14. The van der Waals surface area contributed by atoms with Crippen molar-refractivity contribution in [3.05, 3.63) is 17.5 Å². The monoisotopic (exact) mass is 359 g/mol. The molecule has 0 saturated carbocycles. The summed E-state index contributed by atoms with van der Waals surface area (Å²) >= 11 is 0. The van der Waals surface area contributed by atoms with E-state index in [0.717, 1.165) is 0 Å². The van der Waals surface area contributed by atoms with Crippen LogP contribution in [0, 0.1) is 0 Å². The maximum Gasteiger partial charge on any atom is 0.276 e. The molecule has 3 rings (SSSR count). The van der Waals surface area contributed by atoms with E-state index in [1.54, 1.807) is 0 Å². The number of halogens is 2. The Morgan fingerprint density at radius 3 is 2.92 bits per heavy atom. The van der Waals surface area contributed by atoms with Crippen molar-refractivity contribution in [2.24, 2.45) is 0 Å². The summed E-state index contributed by atoms with van der Waals surface area (Å²) in [4.78, 5) is 25.5. The number of hydrogen-bond donors (Lipinski definition) is 2. The van der Waals surface area contributed by atoms with Crippen LogP contribution in [-0.4, -0.2) is 71.2 Å². The number of nitrogens with zero attached hydrogens (tertiary/aromatic N) is 2. The zero-order valence-corrected chi connectivity index (χ0v) is 13.4. The number of ether oxygens (including phenoxy) is 1. The molecule has 3 heterocycles. The fraction of sp³-hybridized carbons (Fsp3) is 0.667. The number of piperidine rings is 1. The first-order valence-electron chi connectivity index (χ1n) is 8.00. The van der Waals surface area contributed by atoms with E-state index in [9.17, 15) is 18.4 Å². The summed E-state index contributed by atoms with van der Waals surface area (Å²) in [6.45, 7) is -0.632. The molecule has 3 atom stereocenters. The van der Waals surface area contributed by atoms with Crippen LogP contribution < -0.4 is 5.32 Å². The van der Waals surface area contributed by atoms with Gasteiger partial charge in [-0.15, -0.1) is 0 Å². The van der Waals surface area contributed by atoms with E-state index in [-0.39, 0.29) is 50.6 Å². The molecule has 2 amide bonds. The highest BCUT2D eigenvalue weighted by atomic mass is 19.1. The van der Waals surface area contributed by atoms with Crippen LogP contribution in [-0.2, 0) is 16.1 Å². The normalized spacial score (nSPS) is 29.6. The Kier molecular flexibility index (Phi) is 5.00. The molecule has 1 aromatic heterocycles. The van der Waals surface area contributed by atoms with Gasteiger partial charge in [0.15, 0.2) is 11.5 Å². The van der Waals surface area contributed by atoms with Crippen LogP contribution in [0.4, 0.5) is 8.78 Å². The van der Waals surface area contributed by atoms with Crippen LogP contribution >= 0.6 is 0 Å². The van der Waals surface area contributed by atoms with Crippen LogP contribution in [0.2, 0.25) is 0 Å². The maximum absolute atomic E-state index is 14.4. The topological polar surface area (TPSA) is 105 Å². The molecule has 0 aromatic carbocycles. The van der Waals surface area contributed by atoms with Gasteiger partial charge in [0.25, 0.3) is 11.8 Å². The van der Waals surface area contributed by atoms with Crippen molar-refractivity contribution in [1.82, 2.24) is 15.4 Å². The third-order valence-corrected chi connectivity index (χ3v) is 4.46. The second-order valence-corrected chi connectivity index (χ2v) is 6.24. The Labute approximate surface area is 142 Å². The lowest BCUT2D eigenvalue weighted by atomic mass is 9.99. The first-order chi connectivity index (χ1) is 11.9. The van der Waals surface area contributed by atoms with Gasteiger partial charge in [0.1, 0.15) is 12.8 Å². The van der Waals surface area contributed by atoms with Gasteiger partial charge in [0.05, 0.1) is 25.8 Å². The fourth-order valence-electron chi connectivity index (χ4n) is 2.92. The molecule has 2 aliphatic heterocycles.